The first-order valence-corrected chi connectivity index (χ1v) is 6.41. The third-order valence-corrected chi connectivity index (χ3v) is 3.04. The molecule has 0 saturated carbocycles. The predicted octanol–water partition coefficient (Wildman–Crippen LogP) is 1.56. The van der Waals surface area contributed by atoms with Crippen LogP contribution in [-0.2, 0) is 4.79 Å². The lowest BCUT2D eigenvalue weighted by atomic mass is 10.0. The Hall–Kier alpha value is -0.570. The first kappa shape index (κ1) is 15.4. The second-order valence-electron chi connectivity index (χ2n) is 5.51. The van der Waals surface area contributed by atoms with Gasteiger partial charge in [0.1, 0.15) is 6.04 Å². The van der Waals surface area contributed by atoms with Gasteiger partial charge >= 0.3 is 0 Å². The third kappa shape index (κ3) is 6.83. The smallest absolute Gasteiger partial charge is 0.129 e. The molecule has 0 aliphatic rings. The highest BCUT2D eigenvalue weighted by Gasteiger charge is 2.24. The van der Waals surface area contributed by atoms with Crippen LogP contribution in [0, 0.1) is 0 Å². The van der Waals surface area contributed by atoms with Crippen molar-refractivity contribution >= 4 is 5.97 Å². The summed E-state index contributed by atoms with van der Waals surface area (Å²) in [6, 6.07) is -0.369. The molecule has 3 heteroatoms. The number of likely N-dealkylation sites (N-methyl/N-ethyl adjacent to an activating group) is 1. The van der Waals surface area contributed by atoms with E-state index in [9.17, 15) is 9.90 Å². The zero-order chi connectivity index (χ0) is 12.6. The molecule has 1 unspecified atom stereocenters. The zero-order valence-corrected chi connectivity index (χ0v) is 11.3. The van der Waals surface area contributed by atoms with E-state index in [2.05, 4.69) is 6.92 Å². The Kier molecular flexibility index (Phi) is 7.39. The van der Waals surface area contributed by atoms with Crippen molar-refractivity contribution in [2.75, 3.05) is 21.1 Å². The van der Waals surface area contributed by atoms with Gasteiger partial charge in [-0.15, -0.1) is 0 Å². The minimum Gasteiger partial charge on any atom is -0.544 e. The fourth-order valence-corrected chi connectivity index (χ4v) is 1.94. The number of carbonyl (C=O) groups is 1. The zero-order valence-electron chi connectivity index (χ0n) is 11.3. The number of nitrogens with zero attached hydrogens (tertiary/aromatic N) is 1. The van der Waals surface area contributed by atoms with Crippen LogP contribution in [-0.4, -0.2) is 37.6 Å². The van der Waals surface area contributed by atoms with Crippen molar-refractivity contribution in [2.24, 2.45) is 0 Å². The Morgan fingerprint density at radius 1 is 1.06 bits per heavy atom. The van der Waals surface area contributed by atoms with Gasteiger partial charge in [-0.3, -0.25) is 0 Å². The van der Waals surface area contributed by atoms with Crippen LogP contribution in [0.4, 0.5) is 0 Å². The van der Waals surface area contributed by atoms with E-state index >= 15 is 0 Å². The lowest BCUT2D eigenvalue weighted by Crippen LogP contribution is -2.54. The quantitative estimate of drug-likeness (QED) is 0.445. The van der Waals surface area contributed by atoms with Crippen molar-refractivity contribution in [3.63, 3.8) is 0 Å². The second kappa shape index (κ2) is 7.66. The Balaban J connectivity index is 3.75. The number of rotatable bonds is 9. The number of carbonyl (C=O) groups excluding carboxylic acids is 1. The minimum absolute atomic E-state index is 0.369. The molecule has 1 atom stereocenters. The van der Waals surface area contributed by atoms with Gasteiger partial charge in [0.2, 0.25) is 0 Å². The summed E-state index contributed by atoms with van der Waals surface area (Å²) in [5.41, 5.74) is 0. The molecular formula is C13H27NO2. The number of aliphatic carboxylic acids is 1. The first-order valence-electron chi connectivity index (χ1n) is 6.41. The minimum atomic E-state index is -0.916. The molecule has 0 heterocycles. The van der Waals surface area contributed by atoms with Crippen molar-refractivity contribution in [2.45, 2.75) is 57.9 Å². The Labute approximate surface area is 100 Å². The number of carboxylic acid groups (broad SMARTS) is 1. The van der Waals surface area contributed by atoms with Crippen LogP contribution in [0.1, 0.15) is 51.9 Å². The van der Waals surface area contributed by atoms with Gasteiger partial charge in [0.15, 0.2) is 0 Å². The van der Waals surface area contributed by atoms with Crippen molar-refractivity contribution < 1.29 is 14.4 Å². The molecule has 96 valence electrons. The summed E-state index contributed by atoms with van der Waals surface area (Å²) in [6.45, 7) is 2.20. The maximum Gasteiger partial charge on any atom is 0.129 e. The molecule has 0 aromatic rings. The van der Waals surface area contributed by atoms with Gasteiger partial charge in [0, 0.05) is 6.42 Å². The molecule has 0 amide bonds. The molecule has 16 heavy (non-hydrogen) atoms. The van der Waals surface area contributed by atoms with E-state index in [0.29, 0.717) is 4.48 Å². The van der Waals surface area contributed by atoms with E-state index < -0.39 is 5.97 Å². The van der Waals surface area contributed by atoms with Crippen LogP contribution >= 0.6 is 0 Å². The lowest BCUT2D eigenvalue weighted by molar-refractivity contribution is -0.889. The predicted molar refractivity (Wildman–Crippen MR) is 64.8 cm³/mol. The first-order chi connectivity index (χ1) is 7.39. The van der Waals surface area contributed by atoms with Gasteiger partial charge in [-0.05, 0) is 6.42 Å². The number of hydrogen-bond acceptors (Lipinski definition) is 2. The standard InChI is InChI=1S/C13H27NO2/c1-5-6-7-8-9-10-11-12(13(15)16)14(2,3)4/h12H,5-11H2,1-4H3. The van der Waals surface area contributed by atoms with Gasteiger partial charge in [-0.25, -0.2) is 0 Å². The number of carboxylic acids is 1. The topological polar surface area (TPSA) is 40.1 Å². The van der Waals surface area contributed by atoms with E-state index in [1.807, 2.05) is 21.1 Å². The molecular weight excluding hydrogens is 202 g/mol. The fourth-order valence-electron chi connectivity index (χ4n) is 1.94. The van der Waals surface area contributed by atoms with Gasteiger partial charge in [0.25, 0.3) is 0 Å². The Morgan fingerprint density at radius 2 is 1.56 bits per heavy atom. The number of hydrogen-bond donors (Lipinski definition) is 0. The molecule has 0 N–H and O–H groups in total. The Bertz CT molecular complexity index is 197. The van der Waals surface area contributed by atoms with E-state index in [1.165, 1.54) is 25.7 Å². The summed E-state index contributed by atoms with van der Waals surface area (Å²) in [5, 5.41) is 11.0. The van der Waals surface area contributed by atoms with Crippen LogP contribution < -0.4 is 5.11 Å². The van der Waals surface area contributed by atoms with Crippen molar-refractivity contribution in [1.82, 2.24) is 0 Å². The summed E-state index contributed by atoms with van der Waals surface area (Å²) >= 11 is 0. The van der Waals surface area contributed by atoms with Crippen LogP contribution in [0.2, 0.25) is 0 Å². The molecule has 0 fully saturated rings. The summed E-state index contributed by atoms with van der Waals surface area (Å²) in [6.07, 6.45) is 7.92. The molecule has 0 aromatic heterocycles. The largest absolute Gasteiger partial charge is 0.544 e. The molecule has 0 radical (unpaired) electrons. The molecule has 0 aromatic carbocycles. The lowest BCUT2D eigenvalue weighted by Gasteiger charge is -2.34. The second-order valence-corrected chi connectivity index (χ2v) is 5.51. The van der Waals surface area contributed by atoms with Crippen molar-refractivity contribution in [3.8, 4) is 0 Å². The Morgan fingerprint density at radius 3 is 2.00 bits per heavy atom. The summed E-state index contributed by atoms with van der Waals surface area (Å²) < 4.78 is 0.456. The average Bonchev–Trinajstić information content (AvgIpc) is 2.13. The van der Waals surface area contributed by atoms with E-state index in [0.717, 1.165) is 19.3 Å². The maximum atomic E-state index is 11.0. The summed E-state index contributed by atoms with van der Waals surface area (Å²) in [5.74, 6) is -0.916. The number of unbranched alkanes of at least 4 members (excludes halogenated alkanes) is 5. The molecule has 0 bridgehead atoms. The maximum absolute atomic E-state index is 11.0. The molecule has 0 aliphatic heterocycles. The average molecular weight is 229 g/mol. The highest BCUT2D eigenvalue weighted by Crippen LogP contribution is 2.13. The molecule has 0 rings (SSSR count). The molecule has 0 spiro atoms. The van der Waals surface area contributed by atoms with E-state index in [1.54, 1.807) is 0 Å². The third-order valence-electron chi connectivity index (χ3n) is 3.04. The molecule has 0 saturated heterocycles. The molecule has 3 nitrogen and oxygen atoms in total. The van der Waals surface area contributed by atoms with E-state index in [-0.39, 0.29) is 6.04 Å². The van der Waals surface area contributed by atoms with Gasteiger partial charge in [-0.1, -0.05) is 39.0 Å². The molecule has 0 aliphatic carbocycles. The van der Waals surface area contributed by atoms with E-state index in [4.69, 9.17) is 0 Å². The fraction of sp³-hybridized carbons (Fsp3) is 0.923. The van der Waals surface area contributed by atoms with Gasteiger partial charge in [0.05, 0.1) is 27.1 Å². The van der Waals surface area contributed by atoms with Crippen LogP contribution in [0.15, 0.2) is 0 Å². The van der Waals surface area contributed by atoms with Gasteiger partial charge in [-0.2, -0.15) is 0 Å². The van der Waals surface area contributed by atoms with Gasteiger partial charge < -0.3 is 14.4 Å². The summed E-state index contributed by atoms with van der Waals surface area (Å²) in [7, 11) is 5.74. The monoisotopic (exact) mass is 229 g/mol. The van der Waals surface area contributed by atoms with Crippen molar-refractivity contribution in [1.29, 1.82) is 0 Å². The van der Waals surface area contributed by atoms with Crippen LogP contribution in [0.3, 0.4) is 0 Å². The summed E-state index contributed by atoms with van der Waals surface area (Å²) in [4.78, 5) is 11.0. The highest BCUT2D eigenvalue weighted by atomic mass is 16.4. The number of quaternary nitrogens is 1. The van der Waals surface area contributed by atoms with Crippen molar-refractivity contribution in [3.05, 3.63) is 0 Å². The SMILES string of the molecule is CCCCCCCCC(C(=O)[O-])[N+](C)(C)C. The highest BCUT2D eigenvalue weighted by molar-refractivity contribution is 5.69. The van der Waals surface area contributed by atoms with Crippen LogP contribution in [0.25, 0.3) is 0 Å². The van der Waals surface area contributed by atoms with Crippen LogP contribution in [0.5, 0.6) is 0 Å². The normalized spacial score (nSPS) is 13.8.